The predicted octanol–water partition coefficient (Wildman–Crippen LogP) is 2.90. The zero-order chi connectivity index (χ0) is 25.1. The van der Waals surface area contributed by atoms with E-state index in [0.717, 1.165) is 51.0 Å². The first-order valence-electron chi connectivity index (χ1n) is 12.5. The van der Waals surface area contributed by atoms with Crippen LogP contribution in [-0.2, 0) is 9.53 Å². The van der Waals surface area contributed by atoms with Crippen LogP contribution in [0, 0.1) is 0 Å². The maximum absolute atomic E-state index is 12.8. The largest absolute Gasteiger partial charge is 0.431 e. The smallest absolute Gasteiger partial charge is 0.387 e. The van der Waals surface area contributed by atoms with Crippen molar-refractivity contribution >= 4 is 23.5 Å². The number of nitrogens with two attached hydrogens (primary N) is 1. The van der Waals surface area contributed by atoms with Gasteiger partial charge in [-0.1, -0.05) is 6.42 Å². The molecule has 3 saturated heterocycles. The van der Waals surface area contributed by atoms with Crippen LogP contribution in [0.25, 0.3) is 11.3 Å². The molecular weight excluding hydrogens is 472 g/mol. The minimum Gasteiger partial charge on any atom is -0.431 e. The molecule has 2 aromatic heterocycles. The highest BCUT2D eigenvalue weighted by Gasteiger charge is 2.40. The van der Waals surface area contributed by atoms with Gasteiger partial charge in [0.1, 0.15) is 5.82 Å². The van der Waals surface area contributed by atoms with E-state index in [1.807, 2.05) is 11.0 Å². The van der Waals surface area contributed by atoms with Crippen molar-refractivity contribution in [3.05, 3.63) is 18.3 Å². The van der Waals surface area contributed by atoms with Crippen LogP contribution in [0.5, 0.6) is 5.75 Å². The SMILES string of the molecule is Nc1ncc(-c2cc(N3C[C@@H]4C[C@H]3CO4)nc(NCCCN3CCCCCC3=O)n2)cc1OC(F)F. The first-order chi connectivity index (χ1) is 17.5. The number of halogens is 2. The Morgan fingerprint density at radius 3 is 2.92 bits per heavy atom. The van der Waals surface area contributed by atoms with E-state index in [0.29, 0.717) is 43.3 Å². The van der Waals surface area contributed by atoms with Gasteiger partial charge in [-0.25, -0.2) is 9.97 Å². The van der Waals surface area contributed by atoms with E-state index >= 15 is 0 Å². The summed E-state index contributed by atoms with van der Waals surface area (Å²) in [6, 6.07) is 3.47. The summed E-state index contributed by atoms with van der Waals surface area (Å²) in [6.45, 7) is 0.438. The fraction of sp³-hybridized carbons (Fsp3) is 0.583. The topological polar surface area (TPSA) is 119 Å². The summed E-state index contributed by atoms with van der Waals surface area (Å²) in [6.07, 6.45) is 7.09. The third-order valence-corrected chi connectivity index (χ3v) is 6.86. The van der Waals surface area contributed by atoms with Gasteiger partial charge in [0.2, 0.25) is 11.9 Å². The van der Waals surface area contributed by atoms with Crippen LogP contribution in [0.3, 0.4) is 0 Å². The first-order valence-corrected chi connectivity index (χ1v) is 12.5. The highest BCUT2D eigenvalue weighted by atomic mass is 19.3. The standard InChI is InChI=1S/C24H31F2N7O3/c25-23(26)36-19-9-15(12-29-22(19)27)18-11-20(33-13-17-10-16(33)14-35-17)31-24(30-18)28-6-4-8-32-7-3-1-2-5-21(32)34/h9,11-12,16-17,23H,1-8,10,13-14H2,(H2,27,29)(H,28,30,31)/t16-,17-/m0/s1. The van der Waals surface area contributed by atoms with Crippen LogP contribution in [0.1, 0.15) is 38.5 Å². The quantitative estimate of drug-likeness (QED) is 0.498. The molecule has 0 radical (unpaired) electrons. The fourth-order valence-electron chi connectivity index (χ4n) is 5.02. The van der Waals surface area contributed by atoms with Gasteiger partial charge in [-0.15, -0.1) is 0 Å². The van der Waals surface area contributed by atoms with Gasteiger partial charge in [0.15, 0.2) is 11.6 Å². The Morgan fingerprint density at radius 2 is 2.14 bits per heavy atom. The Kier molecular flexibility index (Phi) is 7.30. The summed E-state index contributed by atoms with van der Waals surface area (Å²) in [5.41, 5.74) is 6.72. The van der Waals surface area contributed by atoms with Crippen LogP contribution in [0.2, 0.25) is 0 Å². The van der Waals surface area contributed by atoms with Crippen LogP contribution in [-0.4, -0.2) is 77.3 Å². The highest BCUT2D eigenvalue weighted by molar-refractivity contribution is 5.76. The van der Waals surface area contributed by atoms with Crippen molar-refractivity contribution in [3.63, 3.8) is 0 Å². The van der Waals surface area contributed by atoms with E-state index in [2.05, 4.69) is 24.9 Å². The Hall–Kier alpha value is -3.28. The second-order valence-corrected chi connectivity index (χ2v) is 9.39. The second-order valence-electron chi connectivity index (χ2n) is 9.39. The van der Waals surface area contributed by atoms with Crippen molar-refractivity contribution in [2.45, 2.75) is 57.3 Å². The minimum atomic E-state index is -3.02. The number of pyridine rings is 1. The molecule has 10 nitrogen and oxygen atoms in total. The molecule has 2 aromatic rings. The van der Waals surface area contributed by atoms with Gasteiger partial charge in [0, 0.05) is 50.4 Å². The molecule has 0 aliphatic carbocycles. The van der Waals surface area contributed by atoms with E-state index in [1.54, 1.807) is 0 Å². The molecule has 12 heteroatoms. The van der Waals surface area contributed by atoms with Crippen LogP contribution >= 0.6 is 0 Å². The zero-order valence-corrected chi connectivity index (χ0v) is 20.0. The van der Waals surface area contributed by atoms with Crippen LogP contribution in [0.15, 0.2) is 18.3 Å². The molecule has 5 rings (SSSR count). The normalized spacial score (nSPS) is 21.8. The summed E-state index contributed by atoms with van der Waals surface area (Å²) >= 11 is 0. The van der Waals surface area contributed by atoms with Crippen molar-refractivity contribution in [1.29, 1.82) is 0 Å². The average molecular weight is 504 g/mol. The summed E-state index contributed by atoms with van der Waals surface area (Å²) in [4.78, 5) is 29.7. The molecule has 0 saturated carbocycles. The van der Waals surface area contributed by atoms with Gasteiger partial charge in [0.05, 0.1) is 24.4 Å². The predicted molar refractivity (Wildman–Crippen MR) is 130 cm³/mol. The lowest BCUT2D eigenvalue weighted by atomic mass is 10.2. The number of nitrogens with zero attached hydrogens (tertiary/aromatic N) is 5. The molecule has 2 bridgehead atoms. The van der Waals surface area contributed by atoms with Gasteiger partial charge in [0.25, 0.3) is 0 Å². The number of anilines is 3. The number of alkyl halides is 2. The number of carbonyl (C=O) groups is 1. The maximum atomic E-state index is 12.8. The molecule has 194 valence electrons. The zero-order valence-electron chi connectivity index (χ0n) is 20.0. The first kappa shape index (κ1) is 24.4. The third kappa shape index (κ3) is 5.58. The van der Waals surface area contributed by atoms with Gasteiger partial charge in [-0.05, 0) is 31.7 Å². The summed E-state index contributed by atoms with van der Waals surface area (Å²) in [5, 5.41) is 3.28. The third-order valence-electron chi connectivity index (χ3n) is 6.86. The Morgan fingerprint density at radius 1 is 1.25 bits per heavy atom. The lowest BCUT2D eigenvalue weighted by molar-refractivity contribution is -0.130. The Bertz CT molecular complexity index is 1090. The van der Waals surface area contributed by atoms with Crippen LogP contribution < -0.4 is 20.7 Å². The average Bonchev–Trinajstić information content (AvgIpc) is 3.44. The van der Waals surface area contributed by atoms with Crippen molar-refractivity contribution in [1.82, 2.24) is 19.9 Å². The molecule has 2 atom stereocenters. The molecule has 3 N–H and O–H groups in total. The van der Waals surface area contributed by atoms with E-state index in [-0.39, 0.29) is 29.6 Å². The number of ether oxygens (including phenoxy) is 2. The van der Waals surface area contributed by atoms with E-state index in [9.17, 15) is 13.6 Å². The monoisotopic (exact) mass is 503 g/mol. The summed E-state index contributed by atoms with van der Waals surface area (Å²) in [5.74, 6) is 1.05. The number of nitrogens with one attached hydrogen (secondary N) is 1. The number of carbonyl (C=O) groups excluding carboxylic acids is 1. The minimum absolute atomic E-state index is 0.122. The van der Waals surface area contributed by atoms with E-state index in [4.69, 9.17) is 15.5 Å². The highest BCUT2D eigenvalue weighted by Crippen LogP contribution is 2.34. The van der Waals surface area contributed by atoms with Crippen molar-refractivity contribution < 1.29 is 23.0 Å². The number of amides is 1. The number of likely N-dealkylation sites (tertiary alicyclic amines) is 1. The van der Waals surface area contributed by atoms with Crippen molar-refractivity contribution in [2.75, 3.05) is 48.7 Å². The molecule has 3 fully saturated rings. The van der Waals surface area contributed by atoms with Gasteiger partial charge < -0.3 is 30.3 Å². The molecule has 36 heavy (non-hydrogen) atoms. The van der Waals surface area contributed by atoms with Crippen molar-refractivity contribution in [2.24, 2.45) is 0 Å². The number of fused-ring (bicyclic) bond motifs is 2. The number of hydrogen-bond donors (Lipinski definition) is 2. The lowest BCUT2D eigenvalue weighted by Crippen LogP contribution is -2.37. The van der Waals surface area contributed by atoms with Gasteiger partial charge in [-0.2, -0.15) is 13.8 Å². The number of nitrogen functional groups attached to an aromatic ring is 1. The fourth-order valence-corrected chi connectivity index (χ4v) is 5.02. The van der Waals surface area contributed by atoms with Crippen LogP contribution in [0.4, 0.5) is 26.4 Å². The number of morpholine rings is 1. The number of rotatable bonds is 9. The molecular formula is C24H31F2N7O3. The number of hydrogen-bond acceptors (Lipinski definition) is 9. The molecule has 3 aliphatic rings. The van der Waals surface area contributed by atoms with E-state index in [1.165, 1.54) is 12.3 Å². The molecule has 0 aromatic carbocycles. The maximum Gasteiger partial charge on any atom is 0.387 e. The van der Waals surface area contributed by atoms with Crippen molar-refractivity contribution in [3.8, 4) is 17.0 Å². The molecule has 5 heterocycles. The van der Waals surface area contributed by atoms with Gasteiger partial charge in [-0.3, -0.25) is 4.79 Å². The molecule has 0 unspecified atom stereocenters. The second kappa shape index (κ2) is 10.8. The van der Waals surface area contributed by atoms with Gasteiger partial charge >= 0.3 is 6.61 Å². The number of aromatic nitrogens is 3. The lowest BCUT2D eigenvalue weighted by Gasteiger charge is -2.28. The summed E-state index contributed by atoms with van der Waals surface area (Å²) in [7, 11) is 0. The molecule has 3 aliphatic heterocycles. The Balaban J connectivity index is 1.34. The summed E-state index contributed by atoms with van der Waals surface area (Å²) < 4.78 is 35.9. The Labute approximate surface area is 208 Å². The molecule has 0 spiro atoms. The van der Waals surface area contributed by atoms with E-state index < -0.39 is 6.61 Å². The molecule has 1 amide bonds.